The zero-order valence-electron chi connectivity index (χ0n) is 6.21. The highest BCUT2D eigenvalue weighted by molar-refractivity contribution is 6.11. The average Bonchev–Trinajstić information content (AvgIpc) is 2.31. The van der Waals surface area contributed by atoms with Crippen molar-refractivity contribution in [1.82, 2.24) is 0 Å². The minimum Gasteiger partial charge on any atom is -0.273 e. The molecule has 0 N–H and O–H groups in total. The predicted octanol–water partition coefficient (Wildman–Crippen LogP) is 1.49. The standard InChI is InChI=1S/C9H9NO/c1-6-3-2-4-8-7(6)5-9(11)10-8/h2,4,7H,1,3,5H2. The van der Waals surface area contributed by atoms with Crippen LogP contribution in [0.4, 0.5) is 0 Å². The maximum atomic E-state index is 10.9. The summed E-state index contributed by atoms with van der Waals surface area (Å²) in [5, 5.41) is 0. The highest BCUT2D eigenvalue weighted by Gasteiger charge is 2.28. The highest BCUT2D eigenvalue weighted by atomic mass is 16.1. The van der Waals surface area contributed by atoms with Crippen molar-refractivity contribution in [1.29, 1.82) is 0 Å². The molecule has 0 bridgehead atoms. The summed E-state index contributed by atoms with van der Waals surface area (Å²) in [5.74, 6) is 0.227. The quantitative estimate of drug-likeness (QED) is 0.477. The molecule has 1 aliphatic carbocycles. The molecule has 0 spiro atoms. The van der Waals surface area contributed by atoms with Gasteiger partial charge >= 0.3 is 0 Å². The van der Waals surface area contributed by atoms with Crippen LogP contribution in [0.5, 0.6) is 0 Å². The molecule has 2 rings (SSSR count). The number of amides is 1. The normalized spacial score (nSPS) is 28.7. The topological polar surface area (TPSA) is 29.4 Å². The Balaban J connectivity index is 2.38. The van der Waals surface area contributed by atoms with E-state index in [-0.39, 0.29) is 11.8 Å². The van der Waals surface area contributed by atoms with E-state index < -0.39 is 0 Å². The molecule has 0 aromatic carbocycles. The van der Waals surface area contributed by atoms with Crippen molar-refractivity contribution in [3.63, 3.8) is 0 Å². The van der Waals surface area contributed by atoms with Crippen LogP contribution in [0, 0.1) is 5.92 Å². The van der Waals surface area contributed by atoms with Gasteiger partial charge < -0.3 is 0 Å². The van der Waals surface area contributed by atoms with E-state index in [1.54, 1.807) is 0 Å². The van der Waals surface area contributed by atoms with Gasteiger partial charge in [-0.1, -0.05) is 18.2 Å². The Hall–Kier alpha value is -1.18. The summed E-state index contributed by atoms with van der Waals surface area (Å²) < 4.78 is 0. The summed E-state index contributed by atoms with van der Waals surface area (Å²) in [6, 6.07) is 0. The van der Waals surface area contributed by atoms with Crippen LogP contribution in [0.2, 0.25) is 0 Å². The van der Waals surface area contributed by atoms with E-state index in [9.17, 15) is 4.79 Å². The number of carbonyl (C=O) groups is 1. The first-order chi connectivity index (χ1) is 5.27. The Morgan fingerprint density at radius 3 is 3.18 bits per heavy atom. The number of nitrogens with zero attached hydrogens (tertiary/aromatic N) is 1. The van der Waals surface area contributed by atoms with Gasteiger partial charge in [0.05, 0.1) is 5.71 Å². The lowest BCUT2D eigenvalue weighted by Gasteiger charge is -2.15. The van der Waals surface area contributed by atoms with Gasteiger partial charge in [-0.05, 0) is 12.5 Å². The lowest BCUT2D eigenvalue weighted by molar-refractivity contribution is -0.117. The van der Waals surface area contributed by atoms with E-state index in [4.69, 9.17) is 0 Å². The summed E-state index contributed by atoms with van der Waals surface area (Å²) in [5.41, 5.74) is 2.03. The van der Waals surface area contributed by atoms with Crippen LogP contribution in [-0.4, -0.2) is 11.6 Å². The fourth-order valence-corrected chi connectivity index (χ4v) is 1.53. The molecule has 1 atom stereocenters. The molecule has 0 aromatic rings. The number of allylic oxidation sites excluding steroid dienone is 3. The Morgan fingerprint density at radius 1 is 1.64 bits per heavy atom. The fraction of sp³-hybridized carbons (Fsp3) is 0.333. The molecular weight excluding hydrogens is 138 g/mol. The second-order valence-electron chi connectivity index (χ2n) is 2.95. The van der Waals surface area contributed by atoms with Gasteiger partial charge in [-0.3, -0.25) is 4.79 Å². The lowest BCUT2D eigenvalue weighted by atomic mass is 9.87. The largest absolute Gasteiger partial charge is 0.273 e. The summed E-state index contributed by atoms with van der Waals surface area (Å²) in [4.78, 5) is 14.8. The molecule has 11 heavy (non-hydrogen) atoms. The van der Waals surface area contributed by atoms with E-state index in [1.165, 1.54) is 0 Å². The van der Waals surface area contributed by atoms with Gasteiger partial charge in [0.25, 0.3) is 0 Å². The highest BCUT2D eigenvalue weighted by Crippen LogP contribution is 2.28. The first-order valence-corrected chi connectivity index (χ1v) is 3.73. The Kier molecular flexibility index (Phi) is 1.28. The number of rotatable bonds is 0. The van der Waals surface area contributed by atoms with E-state index >= 15 is 0 Å². The molecule has 1 amide bonds. The van der Waals surface area contributed by atoms with E-state index in [0.29, 0.717) is 6.42 Å². The first kappa shape index (κ1) is 6.53. The number of carbonyl (C=O) groups excluding carboxylic acids is 1. The minimum absolute atomic E-state index is 0.00213. The monoisotopic (exact) mass is 147 g/mol. The van der Waals surface area contributed by atoms with Crippen molar-refractivity contribution < 1.29 is 4.79 Å². The minimum atomic E-state index is -0.00213. The summed E-state index contributed by atoms with van der Waals surface area (Å²) in [6.45, 7) is 3.91. The van der Waals surface area contributed by atoms with Crippen LogP contribution in [-0.2, 0) is 4.79 Å². The molecule has 2 aliphatic rings. The molecule has 1 heterocycles. The molecule has 2 heteroatoms. The zero-order chi connectivity index (χ0) is 7.84. The Bertz CT molecular complexity index is 286. The van der Waals surface area contributed by atoms with Crippen molar-refractivity contribution in [2.75, 3.05) is 0 Å². The molecular formula is C9H9NO. The SMILES string of the molecule is C=C1CC=CC2=NC(=O)CC12. The molecule has 0 fully saturated rings. The number of hydrogen-bond acceptors (Lipinski definition) is 1. The number of fused-ring (bicyclic) bond motifs is 1. The lowest BCUT2D eigenvalue weighted by Crippen LogP contribution is -2.13. The third-order valence-corrected chi connectivity index (χ3v) is 2.15. The molecule has 2 nitrogen and oxygen atoms in total. The van der Waals surface area contributed by atoms with Crippen molar-refractivity contribution in [2.45, 2.75) is 12.8 Å². The van der Waals surface area contributed by atoms with E-state index in [1.807, 2.05) is 12.2 Å². The Labute approximate surface area is 65.3 Å². The van der Waals surface area contributed by atoms with Crippen molar-refractivity contribution in [3.8, 4) is 0 Å². The molecule has 1 unspecified atom stereocenters. The van der Waals surface area contributed by atoms with Crippen LogP contribution >= 0.6 is 0 Å². The van der Waals surface area contributed by atoms with E-state index in [0.717, 1.165) is 17.7 Å². The molecule has 0 saturated carbocycles. The van der Waals surface area contributed by atoms with Crippen LogP contribution < -0.4 is 0 Å². The molecule has 0 saturated heterocycles. The first-order valence-electron chi connectivity index (χ1n) is 3.73. The third kappa shape index (κ3) is 0.946. The molecule has 56 valence electrons. The molecule has 0 radical (unpaired) electrons. The van der Waals surface area contributed by atoms with E-state index in [2.05, 4.69) is 11.6 Å². The van der Waals surface area contributed by atoms with Crippen LogP contribution in [0.15, 0.2) is 29.3 Å². The maximum absolute atomic E-state index is 10.9. The number of hydrogen-bond donors (Lipinski definition) is 0. The second-order valence-corrected chi connectivity index (χ2v) is 2.95. The van der Waals surface area contributed by atoms with Gasteiger partial charge in [0.2, 0.25) is 5.91 Å². The number of aliphatic imine (C=N–C) groups is 1. The predicted molar refractivity (Wildman–Crippen MR) is 43.4 cm³/mol. The second kappa shape index (κ2) is 2.16. The van der Waals surface area contributed by atoms with Crippen LogP contribution in [0.3, 0.4) is 0 Å². The van der Waals surface area contributed by atoms with Crippen molar-refractivity contribution in [3.05, 3.63) is 24.3 Å². The van der Waals surface area contributed by atoms with Crippen molar-refractivity contribution >= 4 is 11.6 Å². The molecule has 1 aliphatic heterocycles. The summed E-state index contributed by atoms with van der Waals surface area (Å²) in [6.07, 6.45) is 5.38. The fourth-order valence-electron chi connectivity index (χ4n) is 1.53. The average molecular weight is 147 g/mol. The van der Waals surface area contributed by atoms with Crippen molar-refractivity contribution in [2.24, 2.45) is 10.9 Å². The van der Waals surface area contributed by atoms with Crippen LogP contribution in [0.1, 0.15) is 12.8 Å². The van der Waals surface area contributed by atoms with Gasteiger partial charge in [-0.25, -0.2) is 4.99 Å². The van der Waals surface area contributed by atoms with Gasteiger partial charge in [-0.15, -0.1) is 0 Å². The third-order valence-electron chi connectivity index (χ3n) is 2.15. The summed E-state index contributed by atoms with van der Waals surface area (Å²) >= 11 is 0. The maximum Gasteiger partial charge on any atom is 0.246 e. The van der Waals surface area contributed by atoms with Gasteiger partial charge in [0.15, 0.2) is 0 Å². The smallest absolute Gasteiger partial charge is 0.246 e. The molecule has 0 aromatic heterocycles. The zero-order valence-corrected chi connectivity index (χ0v) is 6.21. The van der Waals surface area contributed by atoms with Crippen LogP contribution in [0.25, 0.3) is 0 Å². The van der Waals surface area contributed by atoms with Gasteiger partial charge in [0, 0.05) is 12.3 Å². The Morgan fingerprint density at radius 2 is 2.45 bits per heavy atom. The van der Waals surface area contributed by atoms with Gasteiger partial charge in [0.1, 0.15) is 0 Å². The van der Waals surface area contributed by atoms with Gasteiger partial charge in [-0.2, -0.15) is 0 Å². The summed E-state index contributed by atoms with van der Waals surface area (Å²) in [7, 11) is 0.